The molecule has 0 unspecified atom stereocenters. The van der Waals surface area contributed by atoms with E-state index < -0.39 is 16.4 Å². The molecule has 1 rings (SSSR count). The minimum atomic E-state index is -0.902. The Labute approximate surface area is 97.3 Å². The van der Waals surface area contributed by atoms with Gasteiger partial charge >= 0.3 is 5.69 Å². The molecule has 0 aromatic heterocycles. The third kappa shape index (κ3) is 3.54. The van der Waals surface area contributed by atoms with E-state index in [4.69, 9.17) is 4.74 Å². The number of hydrogen-bond donors (Lipinski definition) is 1. The summed E-state index contributed by atoms with van der Waals surface area (Å²) in [6.45, 7) is 0.276. The van der Waals surface area contributed by atoms with Crippen molar-refractivity contribution in [2.24, 2.45) is 0 Å². The lowest BCUT2D eigenvalue weighted by atomic mass is 10.3. The zero-order valence-corrected chi connectivity index (χ0v) is 9.19. The predicted molar refractivity (Wildman–Crippen MR) is 61.5 cm³/mol. The van der Waals surface area contributed by atoms with Crippen molar-refractivity contribution in [1.82, 2.24) is 0 Å². The molecule has 0 spiro atoms. The molecule has 86 valence electrons. The van der Waals surface area contributed by atoms with Crippen LogP contribution in [0.25, 0.3) is 0 Å². The van der Waals surface area contributed by atoms with Crippen molar-refractivity contribution in [3.05, 3.63) is 46.3 Å². The standard InChI is InChI=1S/C10H10FNO3S/c11-9-7-8(15-5-1-2-6-16)3-4-10(9)12(13)14/h1-4,7,16H,5-6H2. The fraction of sp³-hybridized carbons (Fsp3) is 0.200. The van der Waals surface area contributed by atoms with Crippen LogP contribution in [0.1, 0.15) is 0 Å². The highest BCUT2D eigenvalue weighted by Gasteiger charge is 2.13. The number of thiol groups is 1. The van der Waals surface area contributed by atoms with E-state index >= 15 is 0 Å². The van der Waals surface area contributed by atoms with Gasteiger partial charge < -0.3 is 4.74 Å². The maximum absolute atomic E-state index is 13.1. The Hall–Kier alpha value is -1.56. The summed E-state index contributed by atoms with van der Waals surface area (Å²) in [5, 5.41) is 10.3. The van der Waals surface area contributed by atoms with Crippen LogP contribution < -0.4 is 4.74 Å². The number of rotatable bonds is 5. The summed E-state index contributed by atoms with van der Waals surface area (Å²) >= 11 is 3.96. The molecule has 0 atom stereocenters. The van der Waals surface area contributed by atoms with Crippen LogP contribution in [0.3, 0.4) is 0 Å². The van der Waals surface area contributed by atoms with Crippen molar-refractivity contribution in [3.8, 4) is 5.75 Å². The molecule has 0 heterocycles. The molecule has 0 radical (unpaired) electrons. The monoisotopic (exact) mass is 243 g/mol. The molecule has 1 aromatic rings. The number of nitro benzene ring substituents is 1. The molecule has 4 nitrogen and oxygen atoms in total. The second-order valence-electron chi connectivity index (χ2n) is 2.84. The Morgan fingerprint density at radius 3 is 2.81 bits per heavy atom. The van der Waals surface area contributed by atoms with E-state index in [0.717, 1.165) is 12.1 Å². The molecule has 0 N–H and O–H groups in total. The molecule has 0 amide bonds. The van der Waals surface area contributed by atoms with Crippen molar-refractivity contribution < 1.29 is 14.1 Å². The molecule has 0 fully saturated rings. The van der Waals surface area contributed by atoms with Gasteiger partial charge in [0.15, 0.2) is 0 Å². The van der Waals surface area contributed by atoms with Gasteiger partial charge in [0.2, 0.25) is 5.82 Å². The van der Waals surface area contributed by atoms with E-state index in [1.807, 2.05) is 0 Å². The number of nitrogens with zero attached hydrogens (tertiary/aromatic N) is 1. The van der Waals surface area contributed by atoms with E-state index in [2.05, 4.69) is 12.6 Å². The van der Waals surface area contributed by atoms with Crippen molar-refractivity contribution in [3.63, 3.8) is 0 Å². The summed E-state index contributed by atoms with van der Waals surface area (Å²) in [5.41, 5.74) is -0.557. The van der Waals surface area contributed by atoms with Crippen LogP contribution in [-0.4, -0.2) is 17.3 Å². The van der Waals surface area contributed by atoms with E-state index in [9.17, 15) is 14.5 Å². The summed E-state index contributed by atoms with van der Waals surface area (Å²) in [5.74, 6) is -0.0505. The van der Waals surface area contributed by atoms with Gasteiger partial charge in [0.05, 0.1) is 4.92 Å². The first-order valence-corrected chi connectivity index (χ1v) is 5.11. The topological polar surface area (TPSA) is 52.4 Å². The highest BCUT2D eigenvalue weighted by Crippen LogP contribution is 2.22. The fourth-order valence-electron chi connectivity index (χ4n) is 1.01. The van der Waals surface area contributed by atoms with Crippen LogP contribution in [-0.2, 0) is 0 Å². The molecule has 6 heteroatoms. The largest absolute Gasteiger partial charge is 0.489 e. The quantitative estimate of drug-likeness (QED) is 0.374. The first-order chi connectivity index (χ1) is 7.65. The molecule has 1 aromatic carbocycles. The first kappa shape index (κ1) is 12.5. The maximum atomic E-state index is 13.1. The van der Waals surface area contributed by atoms with Crippen LogP contribution in [0.4, 0.5) is 10.1 Å². The van der Waals surface area contributed by atoms with Crippen molar-refractivity contribution in [1.29, 1.82) is 0 Å². The van der Waals surface area contributed by atoms with Crippen LogP contribution in [0.2, 0.25) is 0 Å². The average Bonchev–Trinajstić information content (AvgIpc) is 2.24. The third-order valence-corrected chi connectivity index (χ3v) is 1.94. The van der Waals surface area contributed by atoms with Gasteiger partial charge in [0, 0.05) is 17.9 Å². The molecule has 0 aliphatic heterocycles. The Bertz CT molecular complexity index is 409. The summed E-state index contributed by atoms with van der Waals surface area (Å²) in [7, 11) is 0. The Morgan fingerprint density at radius 2 is 2.25 bits per heavy atom. The maximum Gasteiger partial charge on any atom is 0.305 e. The van der Waals surface area contributed by atoms with Gasteiger partial charge in [-0.05, 0) is 6.07 Å². The number of benzene rings is 1. The van der Waals surface area contributed by atoms with Gasteiger partial charge in [-0.1, -0.05) is 12.2 Å². The normalized spacial score (nSPS) is 10.6. The smallest absolute Gasteiger partial charge is 0.305 e. The highest BCUT2D eigenvalue weighted by molar-refractivity contribution is 7.80. The fourth-order valence-corrected chi connectivity index (χ4v) is 1.16. The van der Waals surface area contributed by atoms with Crippen LogP contribution >= 0.6 is 12.6 Å². The minimum Gasteiger partial charge on any atom is -0.489 e. The molecule has 0 aliphatic rings. The van der Waals surface area contributed by atoms with Gasteiger partial charge in [0.1, 0.15) is 12.4 Å². The predicted octanol–water partition coefficient (Wildman–Crippen LogP) is 2.60. The third-order valence-electron chi connectivity index (χ3n) is 1.73. The second-order valence-corrected chi connectivity index (χ2v) is 3.20. The Kier molecular flexibility index (Phi) is 4.78. The zero-order chi connectivity index (χ0) is 12.0. The van der Waals surface area contributed by atoms with Crippen LogP contribution in [0, 0.1) is 15.9 Å². The van der Waals surface area contributed by atoms with Gasteiger partial charge in [-0.25, -0.2) is 0 Å². The molecule has 0 saturated heterocycles. The van der Waals surface area contributed by atoms with Gasteiger partial charge in [-0.3, -0.25) is 10.1 Å². The first-order valence-electron chi connectivity index (χ1n) is 4.47. The Morgan fingerprint density at radius 1 is 1.50 bits per heavy atom. The second kappa shape index (κ2) is 6.12. The number of ether oxygens (including phenoxy) is 1. The molecular weight excluding hydrogens is 233 g/mol. The van der Waals surface area contributed by atoms with Crippen LogP contribution in [0.15, 0.2) is 30.4 Å². The summed E-state index contributed by atoms with van der Waals surface area (Å²) in [4.78, 5) is 9.56. The molecule has 0 aliphatic carbocycles. The highest BCUT2D eigenvalue weighted by atomic mass is 32.1. The molecule has 16 heavy (non-hydrogen) atoms. The summed E-state index contributed by atoms with van der Waals surface area (Å²) < 4.78 is 18.3. The van der Waals surface area contributed by atoms with Gasteiger partial charge in [0.25, 0.3) is 0 Å². The SMILES string of the molecule is O=[N+]([O-])c1ccc(OCC=CCS)cc1F. The van der Waals surface area contributed by atoms with Crippen LogP contribution in [0.5, 0.6) is 5.75 Å². The number of nitro groups is 1. The summed E-state index contributed by atoms with van der Waals surface area (Å²) in [6.07, 6.45) is 3.51. The molecular formula is C10H10FNO3S. The van der Waals surface area contributed by atoms with E-state index in [1.165, 1.54) is 6.07 Å². The van der Waals surface area contributed by atoms with Gasteiger partial charge in [-0.15, -0.1) is 0 Å². The lowest BCUT2D eigenvalue weighted by Gasteiger charge is -2.02. The lowest BCUT2D eigenvalue weighted by Crippen LogP contribution is -1.96. The molecule has 0 bridgehead atoms. The number of halogens is 1. The minimum absolute atomic E-state index is 0.256. The molecule has 0 saturated carbocycles. The number of hydrogen-bond acceptors (Lipinski definition) is 4. The lowest BCUT2D eigenvalue weighted by molar-refractivity contribution is -0.387. The zero-order valence-electron chi connectivity index (χ0n) is 8.30. The van der Waals surface area contributed by atoms with Crippen molar-refractivity contribution in [2.75, 3.05) is 12.4 Å². The summed E-state index contributed by atoms with van der Waals surface area (Å²) in [6, 6.07) is 3.43. The van der Waals surface area contributed by atoms with Crippen molar-refractivity contribution in [2.45, 2.75) is 0 Å². The van der Waals surface area contributed by atoms with Crippen molar-refractivity contribution >= 4 is 18.3 Å². The Balaban J connectivity index is 2.66. The average molecular weight is 243 g/mol. The van der Waals surface area contributed by atoms with E-state index in [0.29, 0.717) is 5.75 Å². The van der Waals surface area contributed by atoms with Gasteiger partial charge in [-0.2, -0.15) is 17.0 Å². The van der Waals surface area contributed by atoms with E-state index in [-0.39, 0.29) is 12.4 Å². The van der Waals surface area contributed by atoms with E-state index in [1.54, 1.807) is 12.2 Å².